The van der Waals surface area contributed by atoms with E-state index in [0.717, 1.165) is 0 Å². The van der Waals surface area contributed by atoms with E-state index in [4.69, 9.17) is 27.6 Å². The van der Waals surface area contributed by atoms with Crippen LogP contribution in [-0.4, -0.2) is 9.97 Å². The number of aromatic nitrogens is 2. The van der Waals surface area contributed by atoms with Crippen LogP contribution < -0.4 is 0 Å². The summed E-state index contributed by atoms with van der Waals surface area (Å²) < 4.78 is 18.2. The molecule has 0 atom stereocenters. The van der Waals surface area contributed by atoms with Crippen LogP contribution in [0, 0.1) is 5.82 Å². The summed E-state index contributed by atoms with van der Waals surface area (Å²) >= 11 is 12.3. The van der Waals surface area contributed by atoms with Gasteiger partial charge in [-0.25, -0.2) is 14.4 Å². The molecule has 0 saturated carbocycles. The predicted octanol–water partition coefficient (Wildman–Crippen LogP) is 4.85. The molecule has 3 nitrogen and oxygen atoms in total. The lowest BCUT2D eigenvalue weighted by molar-refractivity contribution is 0.568. The first-order valence-electron chi connectivity index (χ1n) is 5.66. The minimum atomic E-state index is -0.381. The maximum Gasteiger partial charge on any atom is 0.165 e. The Morgan fingerprint density at radius 3 is 2.35 bits per heavy atom. The first kappa shape index (κ1) is 13.1. The van der Waals surface area contributed by atoms with Crippen molar-refractivity contribution in [3.05, 3.63) is 59.0 Å². The summed E-state index contributed by atoms with van der Waals surface area (Å²) in [6.07, 6.45) is 2.99. The van der Waals surface area contributed by atoms with E-state index in [1.165, 1.54) is 24.7 Å². The van der Waals surface area contributed by atoms with Crippen molar-refractivity contribution in [2.75, 3.05) is 0 Å². The molecule has 0 aliphatic rings. The van der Waals surface area contributed by atoms with Gasteiger partial charge in [-0.05, 0) is 23.8 Å². The molecule has 0 aliphatic heterocycles. The quantitative estimate of drug-likeness (QED) is 0.635. The summed E-state index contributed by atoms with van der Waals surface area (Å²) in [5, 5.41) is 0.318. The lowest BCUT2D eigenvalue weighted by atomic mass is 10.1. The first-order valence-corrected chi connectivity index (χ1v) is 6.42. The Morgan fingerprint density at radius 1 is 1.00 bits per heavy atom. The van der Waals surface area contributed by atoms with E-state index >= 15 is 0 Å². The Labute approximate surface area is 124 Å². The lowest BCUT2D eigenvalue weighted by Gasteiger charge is -2.07. The van der Waals surface area contributed by atoms with Crippen molar-refractivity contribution in [2.45, 2.75) is 0 Å². The average molecular weight is 309 g/mol. The van der Waals surface area contributed by atoms with Gasteiger partial charge in [0.25, 0.3) is 0 Å². The van der Waals surface area contributed by atoms with Gasteiger partial charge in [0.2, 0.25) is 0 Å². The minimum Gasteiger partial charge on any atom is -0.472 e. The Hall–Kier alpha value is -1.91. The molecule has 0 spiro atoms. The van der Waals surface area contributed by atoms with Gasteiger partial charge in [0.15, 0.2) is 5.82 Å². The van der Waals surface area contributed by atoms with Crippen LogP contribution in [0.2, 0.25) is 10.3 Å². The topological polar surface area (TPSA) is 38.9 Å². The van der Waals surface area contributed by atoms with Gasteiger partial charge in [-0.15, -0.1) is 0 Å². The van der Waals surface area contributed by atoms with Gasteiger partial charge in [0.05, 0.1) is 17.4 Å². The van der Waals surface area contributed by atoms with Crippen LogP contribution in [0.25, 0.3) is 22.5 Å². The molecule has 0 N–H and O–H groups in total. The number of rotatable bonds is 2. The van der Waals surface area contributed by atoms with Crippen LogP contribution in [0.5, 0.6) is 0 Å². The van der Waals surface area contributed by atoms with Crippen LogP contribution >= 0.6 is 23.2 Å². The molecular weight excluding hydrogens is 302 g/mol. The summed E-state index contributed by atoms with van der Waals surface area (Å²) in [4.78, 5) is 8.34. The molecule has 0 amide bonds. The molecular formula is C14H7Cl2FN2O. The van der Waals surface area contributed by atoms with Crippen molar-refractivity contribution in [1.82, 2.24) is 9.97 Å². The normalized spacial score (nSPS) is 10.8. The second kappa shape index (κ2) is 5.23. The number of furan rings is 1. The number of halogens is 3. The zero-order valence-corrected chi connectivity index (χ0v) is 11.5. The fourth-order valence-electron chi connectivity index (χ4n) is 1.81. The van der Waals surface area contributed by atoms with Gasteiger partial charge in [0, 0.05) is 0 Å². The second-order valence-electron chi connectivity index (χ2n) is 4.03. The molecule has 6 heteroatoms. The fraction of sp³-hybridized carbons (Fsp3) is 0. The Bertz CT molecular complexity index is 737. The number of nitrogens with zero attached hydrogens (tertiary/aromatic N) is 2. The summed E-state index contributed by atoms with van der Waals surface area (Å²) in [6.45, 7) is 0. The average Bonchev–Trinajstić information content (AvgIpc) is 2.91. The molecule has 3 aromatic rings. The zero-order valence-electron chi connectivity index (χ0n) is 9.98. The third-order valence-corrected chi connectivity index (χ3v) is 3.26. The second-order valence-corrected chi connectivity index (χ2v) is 4.74. The molecule has 100 valence electrons. The van der Waals surface area contributed by atoms with Crippen molar-refractivity contribution in [3.8, 4) is 22.5 Å². The molecule has 0 radical (unpaired) electrons. The van der Waals surface area contributed by atoms with Crippen LogP contribution in [0.3, 0.4) is 0 Å². The molecule has 0 aliphatic carbocycles. The van der Waals surface area contributed by atoms with Crippen molar-refractivity contribution in [3.63, 3.8) is 0 Å². The highest BCUT2D eigenvalue weighted by molar-refractivity contribution is 6.37. The Balaban J connectivity index is 2.14. The van der Waals surface area contributed by atoms with Gasteiger partial charge in [-0.3, -0.25) is 0 Å². The number of benzene rings is 1. The van der Waals surface area contributed by atoms with E-state index in [1.807, 2.05) is 0 Å². The molecule has 0 bridgehead atoms. The standard InChI is InChI=1S/C14H7Cl2FN2O/c15-12-11(8-2-1-3-10(17)6-8)13(16)19-14(18-12)9-4-5-20-7-9/h1-7H. The minimum absolute atomic E-state index is 0.159. The van der Waals surface area contributed by atoms with Crippen LogP contribution in [0.4, 0.5) is 4.39 Å². The molecule has 20 heavy (non-hydrogen) atoms. The van der Waals surface area contributed by atoms with Gasteiger partial charge in [-0.2, -0.15) is 0 Å². The van der Waals surface area contributed by atoms with E-state index in [2.05, 4.69) is 9.97 Å². The number of hydrogen-bond acceptors (Lipinski definition) is 3. The molecule has 2 heterocycles. The summed E-state index contributed by atoms with van der Waals surface area (Å²) in [7, 11) is 0. The van der Waals surface area contributed by atoms with Crippen molar-refractivity contribution >= 4 is 23.2 Å². The van der Waals surface area contributed by atoms with Gasteiger partial charge in [-0.1, -0.05) is 35.3 Å². The fourth-order valence-corrected chi connectivity index (χ4v) is 2.42. The number of hydrogen-bond donors (Lipinski definition) is 0. The zero-order chi connectivity index (χ0) is 14.1. The highest BCUT2D eigenvalue weighted by Gasteiger charge is 2.15. The summed E-state index contributed by atoms with van der Waals surface area (Å²) in [5.74, 6) is -0.0255. The van der Waals surface area contributed by atoms with Crippen LogP contribution in [0.15, 0.2) is 47.3 Å². The summed E-state index contributed by atoms with van der Waals surface area (Å²) in [6, 6.07) is 7.63. The van der Waals surface area contributed by atoms with E-state index in [0.29, 0.717) is 22.5 Å². The SMILES string of the molecule is Fc1cccc(-c2c(Cl)nc(-c3ccoc3)nc2Cl)c1. The monoisotopic (exact) mass is 308 g/mol. The van der Waals surface area contributed by atoms with Crippen molar-refractivity contribution < 1.29 is 8.81 Å². The third-order valence-electron chi connectivity index (χ3n) is 2.71. The highest BCUT2D eigenvalue weighted by atomic mass is 35.5. The maximum absolute atomic E-state index is 13.3. The molecule has 3 rings (SSSR count). The van der Waals surface area contributed by atoms with Crippen LogP contribution in [-0.2, 0) is 0 Å². The van der Waals surface area contributed by atoms with Gasteiger partial charge >= 0.3 is 0 Å². The van der Waals surface area contributed by atoms with E-state index in [9.17, 15) is 4.39 Å². The Morgan fingerprint density at radius 2 is 1.75 bits per heavy atom. The predicted molar refractivity (Wildman–Crippen MR) is 75.1 cm³/mol. The van der Waals surface area contributed by atoms with Crippen molar-refractivity contribution in [2.24, 2.45) is 0 Å². The smallest absolute Gasteiger partial charge is 0.165 e. The lowest BCUT2D eigenvalue weighted by Crippen LogP contribution is -1.94. The largest absolute Gasteiger partial charge is 0.472 e. The third kappa shape index (κ3) is 2.40. The van der Waals surface area contributed by atoms with E-state index < -0.39 is 0 Å². The summed E-state index contributed by atoms with van der Waals surface area (Å²) in [5.41, 5.74) is 1.60. The first-order chi connectivity index (χ1) is 9.65. The highest BCUT2D eigenvalue weighted by Crippen LogP contribution is 2.34. The van der Waals surface area contributed by atoms with Crippen molar-refractivity contribution in [1.29, 1.82) is 0 Å². The Kier molecular flexibility index (Phi) is 3.42. The van der Waals surface area contributed by atoms with Gasteiger partial charge in [0.1, 0.15) is 22.4 Å². The molecule has 1 aromatic carbocycles. The van der Waals surface area contributed by atoms with E-state index in [-0.39, 0.29) is 16.1 Å². The molecule has 0 fully saturated rings. The molecule has 2 aromatic heterocycles. The molecule has 0 unspecified atom stereocenters. The van der Waals surface area contributed by atoms with Gasteiger partial charge < -0.3 is 4.42 Å². The molecule has 0 saturated heterocycles. The van der Waals surface area contributed by atoms with E-state index in [1.54, 1.807) is 18.2 Å². The maximum atomic E-state index is 13.3. The van der Waals surface area contributed by atoms with Crippen LogP contribution in [0.1, 0.15) is 0 Å².